The van der Waals surface area contributed by atoms with Gasteiger partial charge in [0, 0.05) is 6.54 Å². The summed E-state index contributed by atoms with van der Waals surface area (Å²) in [4.78, 5) is 34.1. The van der Waals surface area contributed by atoms with Gasteiger partial charge in [-0.25, -0.2) is 14.3 Å². The van der Waals surface area contributed by atoms with Crippen molar-refractivity contribution in [3.8, 4) is 0 Å². The first-order valence-corrected chi connectivity index (χ1v) is 6.61. The minimum atomic E-state index is -1.20. The molecule has 3 amide bonds. The molecule has 0 atom stereocenters. The summed E-state index contributed by atoms with van der Waals surface area (Å²) in [6, 6.07) is -0.591. The summed E-state index contributed by atoms with van der Waals surface area (Å²) in [7, 11) is 0. The van der Waals surface area contributed by atoms with Gasteiger partial charge < -0.3 is 10.4 Å². The number of hydrogen-bond acceptors (Lipinski definition) is 5. The van der Waals surface area contributed by atoms with Crippen LogP contribution in [-0.4, -0.2) is 44.6 Å². The van der Waals surface area contributed by atoms with Gasteiger partial charge in [-0.15, -0.1) is 5.10 Å². The summed E-state index contributed by atoms with van der Waals surface area (Å²) in [5, 5.41) is 20.9. The Morgan fingerprint density at radius 2 is 2.00 bits per heavy atom. The number of carbonyl (C=O) groups is 3. The summed E-state index contributed by atoms with van der Waals surface area (Å²) >= 11 is 0. The molecule has 0 bridgehead atoms. The summed E-state index contributed by atoms with van der Waals surface area (Å²) in [5.74, 6) is -1.97. The number of hydrogen-bond donors (Lipinski definition) is 3. The molecule has 0 aromatic carbocycles. The number of carboxylic acid groups (broad SMARTS) is 1. The maximum atomic E-state index is 11.7. The van der Waals surface area contributed by atoms with Gasteiger partial charge in [0.1, 0.15) is 6.54 Å². The van der Waals surface area contributed by atoms with E-state index in [0.29, 0.717) is 12.2 Å². The van der Waals surface area contributed by atoms with Crippen LogP contribution in [0.15, 0.2) is 0 Å². The lowest BCUT2D eigenvalue weighted by Crippen LogP contribution is -2.41. The number of aromatic carboxylic acids is 1. The summed E-state index contributed by atoms with van der Waals surface area (Å²) in [6.07, 6.45) is 0.754. The first-order valence-electron chi connectivity index (χ1n) is 6.61. The van der Waals surface area contributed by atoms with E-state index in [0.717, 1.165) is 6.42 Å². The highest BCUT2D eigenvalue weighted by Gasteiger charge is 2.22. The number of nitrogens with one attached hydrogen (secondary N) is 2. The van der Waals surface area contributed by atoms with Crippen LogP contribution in [0.1, 0.15) is 49.3 Å². The molecule has 1 aromatic heterocycles. The highest BCUT2D eigenvalue weighted by atomic mass is 16.4. The van der Waals surface area contributed by atoms with Crippen molar-refractivity contribution < 1.29 is 19.5 Å². The molecule has 0 fully saturated rings. The summed E-state index contributed by atoms with van der Waals surface area (Å²) in [6.45, 7) is 5.62. The Hall–Kier alpha value is -2.45. The van der Waals surface area contributed by atoms with Crippen molar-refractivity contribution in [1.29, 1.82) is 0 Å². The van der Waals surface area contributed by atoms with Gasteiger partial charge in [-0.05, 0) is 12.3 Å². The predicted octanol–water partition coefficient (Wildman–Crippen LogP) is 0.336. The van der Waals surface area contributed by atoms with Crippen molar-refractivity contribution in [1.82, 2.24) is 25.6 Å². The lowest BCUT2D eigenvalue weighted by Gasteiger charge is -2.10. The second-order valence-corrected chi connectivity index (χ2v) is 4.74. The number of aromatic nitrogens is 3. The summed E-state index contributed by atoms with van der Waals surface area (Å²) in [5.41, 5.74) is 0.153. The number of nitrogens with zero attached hydrogens (tertiary/aromatic N) is 3. The van der Waals surface area contributed by atoms with Crippen LogP contribution in [0.2, 0.25) is 0 Å². The second kappa shape index (κ2) is 7.36. The number of amides is 3. The molecule has 0 aliphatic carbocycles. The Balaban J connectivity index is 2.77. The van der Waals surface area contributed by atoms with Gasteiger partial charge in [0.15, 0.2) is 5.69 Å². The normalized spacial score (nSPS) is 10.5. The standard InChI is InChI=1S/C12H19N5O4/c1-4-5-13-12(21)14-8(18)6-17-10(7(2)3)9(11(19)20)15-16-17/h7H,4-6H2,1-3H3,(H,19,20)(H2,13,14,18,21). The average Bonchev–Trinajstić information content (AvgIpc) is 2.79. The Kier molecular flexibility index (Phi) is 5.82. The minimum Gasteiger partial charge on any atom is -0.476 e. The van der Waals surface area contributed by atoms with Crippen molar-refractivity contribution in [3.63, 3.8) is 0 Å². The van der Waals surface area contributed by atoms with Gasteiger partial charge in [0.25, 0.3) is 0 Å². The number of carboxylic acids is 1. The SMILES string of the molecule is CCCNC(=O)NC(=O)Cn1nnc(C(=O)O)c1C(C)C. The van der Waals surface area contributed by atoms with Gasteiger partial charge in [-0.2, -0.15) is 0 Å². The van der Waals surface area contributed by atoms with E-state index >= 15 is 0 Å². The van der Waals surface area contributed by atoms with Gasteiger partial charge in [-0.1, -0.05) is 26.0 Å². The average molecular weight is 297 g/mol. The molecule has 9 nitrogen and oxygen atoms in total. The molecule has 1 rings (SSSR count). The zero-order chi connectivity index (χ0) is 16.0. The molecule has 0 unspecified atom stereocenters. The zero-order valence-electron chi connectivity index (χ0n) is 12.2. The van der Waals surface area contributed by atoms with E-state index in [9.17, 15) is 14.4 Å². The van der Waals surface area contributed by atoms with Crippen LogP contribution in [-0.2, 0) is 11.3 Å². The fourth-order valence-electron chi connectivity index (χ4n) is 1.75. The smallest absolute Gasteiger partial charge is 0.358 e. The molecule has 1 heterocycles. The largest absolute Gasteiger partial charge is 0.476 e. The predicted molar refractivity (Wildman–Crippen MR) is 72.9 cm³/mol. The van der Waals surface area contributed by atoms with E-state index in [1.54, 1.807) is 13.8 Å². The second-order valence-electron chi connectivity index (χ2n) is 4.74. The summed E-state index contributed by atoms with van der Waals surface area (Å²) < 4.78 is 1.19. The van der Waals surface area contributed by atoms with Crippen LogP contribution in [0.5, 0.6) is 0 Å². The Morgan fingerprint density at radius 3 is 2.52 bits per heavy atom. The van der Waals surface area contributed by atoms with Crippen LogP contribution in [0.3, 0.4) is 0 Å². The van der Waals surface area contributed by atoms with E-state index in [1.165, 1.54) is 4.68 Å². The molecule has 3 N–H and O–H groups in total. The highest BCUT2D eigenvalue weighted by Crippen LogP contribution is 2.17. The third-order valence-electron chi connectivity index (χ3n) is 2.60. The van der Waals surface area contributed by atoms with Crippen molar-refractivity contribution in [3.05, 3.63) is 11.4 Å². The molecule has 0 saturated heterocycles. The number of rotatable bonds is 6. The van der Waals surface area contributed by atoms with Crippen LogP contribution in [0.25, 0.3) is 0 Å². The molecular formula is C12H19N5O4. The third kappa shape index (κ3) is 4.55. The van der Waals surface area contributed by atoms with Crippen molar-refractivity contribution in [2.24, 2.45) is 0 Å². The van der Waals surface area contributed by atoms with Crippen molar-refractivity contribution in [2.75, 3.05) is 6.54 Å². The van der Waals surface area contributed by atoms with Gasteiger partial charge >= 0.3 is 12.0 Å². The van der Waals surface area contributed by atoms with Crippen LogP contribution >= 0.6 is 0 Å². The molecule has 1 aromatic rings. The highest BCUT2D eigenvalue weighted by molar-refractivity contribution is 5.94. The van der Waals surface area contributed by atoms with Crippen LogP contribution in [0, 0.1) is 0 Å². The van der Waals surface area contributed by atoms with E-state index in [-0.39, 0.29) is 18.2 Å². The number of carbonyl (C=O) groups excluding carboxylic acids is 2. The minimum absolute atomic E-state index is 0.173. The first-order chi connectivity index (χ1) is 9.86. The molecule has 21 heavy (non-hydrogen) atoms. The topological polar surface area (TPSA) is 126 Å². The maximum absolute atomic E-state index is 11.7. The van der Waals surface area contributed by atoms with Crippen molar-refractivity contribution >= 4 is 17.9 Å². The van der Waals surface area contributed by atoms with Crippen molar-refractivity contribution in [2.45, 2.75) is 39.7 Å². The Bertz CT molecular complexity index is 538. The van der Waals surface area contributed by atoms with Crippen LogP contribution < -0.4 is 10.6 Å². The molecular weight excluding hydrogens is 278 g/mol. The number of urea groups is 1. The van der Waals surface area contributed by atoms with E-state index in [2.05, 4.69) is 20.9 Å². The molecule has 0 saturated carbocycles. The lowest BCUT2D eigenvalue weighted by molar-refractivity contribution is -0.120. The molecule has 0 aliphatic rings. The first kappa shape index (κ1) is 16.6. The maximum Gasteiger partial charge on any atom is 0.358 e. The third-order valence-corrected chi connectivity index (χ3v) is 2.60. The molecule has 0 spiro atoms. The zero-order valence-corrected chi connectivity index (χ0v) is 12.2. The van der Waals surface area contributed by atoms with E-state index in [4.69, 9.17) is 5.11 Å². The Morgan fingerprint density at radius 1 is 1.33 bits per heavy atom. The molecule has 9 heteroatoms. The van der Waals surface area contributed by atoms with E-state index in [1.807, 2.05) is 6.92 Å². The Labute approximate surface area is 121 Å². The fourth-order valence-corrected chi connectivity index (χ4v) is 1.75. The van der Waals surface area contributed by atoms with Gasteiger partial charge in [0.05, 0.1) is 5.69 Å². The number of imide groups is 1. The lowest BCUT2D eigenvalue weighted by atomic mass is 10.1. The fraction of sp³-hybridized carbons (Fsp3) is 0.583. The monoisotopic (exact) mass is 297 g/mol. The quantitative estimate of drug-likeness (QED) is 0.694. The van der Waals surface area contributed by atoms with Crippen LogP contribution in [0.4, 0.5) is 4.79 Å². The molecule has 116 valence electrons. The molecule has 0 radical (unpaired) electrons. The molecule has 0 aliphatic heterocycles. The van der Waals surface area contributed by atoms with E-state index < -0.39 is 17.9 Å². The van der Waals surface area contributed by atoms with Gasteiger partial charge in [0.2, 0.25) is 5.91 Å². The van der Waals surface area contributed by atoms with Gasteiger partial charge in [-0.3, -0.25) is 10.1 Å².